The quantitative estimate of drug-likeness (QED) is 0.271. The Bertz CT molecular complexity index is 841. The Labute approximate surface area is 217 Å². The van der Waals surface area contributed by atoms with Crippen molar-refractivity contribution < 1.29 is 19.1 Å². The van der Waals surface area contributed by atoms with E-state index in [1.54, 1.807) is 14.2 Å². The van der Waals surface area contributed by atoms with Crippen molar-refractivity contribution in [3.63, 3.8) is 0 Å². The van der Waals surface area contributed by atoms with Gasteiger partial charge in [0.1, 0.15) is 11.5 Å². The van der Waals surface area contributed by atoms with Crippen LogP contribution in [0.2, 0.25) is 0 Å². The Balaban J connectivity index is 2.27. The Kier molecular flexibility index (Phi) is 12.6. The number of carbonyl (C=O) groups is 2. The molecule has 0 saturated carbocycles. The molecule has 0 amide bonds. The highest BCUT2D eigenvalue weighted by Crippen LogP contribution is 2.24. The Morgan fingerprint density at radius 1 is 0.611 bits per heavy atom. The maximum Gasteiger partial charge on any atom is 0.167 e. The number of ether oxygens (including phenoxy) is 2. The molecule has 0 fully saturated rings. The molecule has 2 aromatic carbocycles. The number of carbonyl (C=O) groups excluding carboxylic acids is 2. The third kappa shape index (κ3) is 8.45. The van der Waals surface area contributed by atoms with Crippen LogP contribution in [0, 0.1) is 11.8 Å². The number of hydrogen-bond acceptors (Lipinski definition) is 6. The Morgan fingerprint density at radius 3 is 1.17 bits per heavy atom. The molecule has 0 unspecified atom stereocenters. The smallest absolute Gasteiger partial charge is 0.167 e. The molecule has 0 bridgehead atoms. The topological polar surface area (TPSA) is 59.1 Å². The number of ketones is 2. The molecule has 0 radical (unpaired) electrons. The molecule has 2 atom stereocenters. The van der Waals surface area contributed by atoms with Crippen molar-refractivity contribution in [1.82, 2.24) is 9.80 Å². The first-order chi connectivity index (χ1) is 17.4. The number of benzene rings is 2. The van der Waals surface area contributed by atoms with E-state index in [0.717, 1.165) is 37.7 Å². The summed E-state index contributed by atoms with van der Waals surface area (Å²) in [6, 6.07) is 14.7. The van der Waals surface area contributed by atoms with Gasteiger partial charge >= 0.3 is 0 Å². The summed E-state index contributed by atoms with van der Waals surface area (Å²) in [5, 5.41) is 0. The summed E-state index contributed by atoms with van der Waals surface area (Å²) in [7, 11) is 3.24. The second-order valence-electron chi connectivity index (χ2n) is 9.13. The average molecular weight is 497 g/mol. The molecule has 0 aromatic heterocycles. The predicted molar refractivity (Wildman–Crippen MR) is 146 cm³/mol. The first-order valence-corrected chi connectivity index (χ1v) is 13.2. The second kappa shape index (κ2) is 15.4. The van der Waals surface area contributed by atoms with Crippen LogP contribution >= 0.6 is 0 Å². The van der Waals surface area contributed by atoms with Crippen LogP contribution < -0.4 is 9.47 Å². The van der Waals surface area contributed by atoms with Gasteiger partial charge in [0.25, 0.3) is 0 Å². The van der Waals surface area contributed by atoms with Crippen molar-refractivity contribution in [2.75, 3.05) is 53.5 Å². The van der Waals surface area contributed by atoms with Gasteiger partial charge in [-0.1, -0.05) is 27.7 Å². The second-order valence-corrected chi connectivity index (χ2v) is 9.13. The van der Waals surface area contributed by atoms with Crippen molar-refractivity contribution in [2.45, 2.75) is 40.5 Å². The molecule has 0 saturated heterocycles. The fourth-order valence-corrected chi connectivity index (χ4v) is 4.58. The lowest BCUT2D eigenvalue weighted by atomic mass is 9.86. The van der Waals surface area contributed by atoms with Gasteiger partial charge in [0, 0.05) is 36.1 Å². The largest absolute Gasteiger partial charge is 0.497 e. The molecule has 0 aliphatic carbocycles. The van der Waals surface area contributed by atoms with Gasteiger partial charge in [-0.2, -0.15) is 0 Å². The van der Waals surface area contributed by atoms with Crippen LogP contribution in [0.5, 0.6) is 11.5 Å². The van der Waals surface area contributed by atoms with E-state index >= 15 is 0 Å². The minimum Gasteiger partial charge on any atom is -0.497 e. The van der Waals surface area contributed by atoms with Crippen LogP contribution in [-0.2, 0) is 0 Å². The fourth-order valence-electron chi connectivity index (χ4n) is 4.58. The van der Waals surface area contributed by atoms with Gasteiger partial charge in [0.2, 0.25) is 0 Å². The molecule has 0 aliphatic rings. The van der Waals surface area contributed by atoms with E-state index < -0.39 is 0 Å². The number of hydrogen-bond donors (Lipinski definition) is 0. The fraction of sp³-hybridized carbons (Fsp3) is 0.533. The molecule has 198 valence electrons. The highest BCUT2D eigenvalue weighted by atomic mass is 16.5. The summed E-state index contributed by atoms with van der Waals surface area (Å²) >= 11 is 0. The third-order valence-corrected chi connectivity index (χ3v) is 7.10. The van der Waals surface area contributed by atoms with Crippen molar-refractivity contribution in [2.24, 2.45) is 11.8 Å². The third-order valence-electron chi connectivity index (χ3n) is 7.10. The van der Waals surface area contributed by atoms with Crippen LogP contribution in [0.4, 0.5) is 0 Å². The molecule has 0 N–H and O–H groups in total. The summed E-state index contributed by atoms with van der Waals surface area (Å²) in [5.74, 6) is 1.36. The van der Waals surface area contributed by atoms with Gasteiger partial charge < -0.3 is 19.3 Å². The van der Waals surface area contributed by atoms with E-state index in [1.165, 1.54) is 0 Å². The average Bonchev–Trinajstić information content (AvgIpc) is 2.94. The predicted octanol–water partition coefficient (Wildman–Crippen LogP) is 5.47. The highest BCUT2D eigenvalue weighted by Gasteiger charge is 2.27. The van der Waals surface area contributed by atoms with Gasteiger partial charge in [-0.15, -0.1) is 0 Å². The zero-order chi connectivity index (χ0) is 26.5. The van der Waals surface area contributed by atoms with Crippen molar-refractivity contribution in [1.29, 1.82) is 0 Å². The standard InChI is InChI=1S/C30H44N2O4/c1-7-31(8-2)21-25(29(33)23-13-17-27(35-5)18-14-23)11-12-26(22-32(9-3)10-4)30(34)24-15-19-28(36-6)20-16-24/h13-20,25-26H,7-12,21-22H2,1-6H3/t25-,26-/m0/s1. The number of Topliss-reactive ketones (excluding diaryl/α,β-unsaturated/α-hetero) is 2. The van der Waals surface area contributed by atoms with Gasteiger partial charge in [0.05, 0.1) is 14.2 Å². The van der Waals surface area contributed by atoms with Gasteiger partial charge in [0.15, 0.2) is 11.6 Å². The minimum absolute atomic E-state index is 0.128. The van der Waals surface area contributed by atoms with E-state index in [1.807, 2.05) is 48.5 Å². The lowest BCUT2D eigenvalue weighted by Crippen LogP contribution is -2.36. The molecule has 0 heterocycles. The van der Waals surface area contributed by atoms with Crippen LogP contribution in [-0.4, -0.2) is 74.9 Å². The minimum atomic E-state index is -0.179. The molecule has 0 spiro atoms. The van der Waals surface area contributed by atoms with Crippen LogP contribution in [0.1, 0.15) is 61.3 Å². The molecule has 2 aromatic rings. The number of nitrogens with zero attached hydrogens (tertiary/aromatic N) is 2. The molecular weight excluding hydrogens is 452 g/mol. The maximum absolute atomic E-state index is 13.6. The van der Waals surface area contributed by atoms with Crippen LogP contribution in [0.3, 0.4) is 0 Å². The maximum atomic E-state index is 13.6. The summed E-state index contributed by atoms with van der Waals surface area (Å²) in [6.45, 7) is 13.4. The normalized spacial score (nSPS) is 13.0. The zero-order valence-corrected chi connectivity index (χ0v) is 23.0. The molecule has 2 rings (SSSR count). The lowest BCUT2D eigenvalue weighted by molar-refractivity contribution is 0.0815. The Morgan fingerprint density at radius 2 is 0.917 bits per heavy atom. The summed E-state index contributed by atoms with van der Waals surface area (Å²) in [4.78, 5) is 31.8. The van der Waals surface area contributed by atoms with E-state index in [2.05, 4.69) is 37.5 Å². The monoisotopic (exact) mass is 496 g/mol. The van der Waals surface area contributed by atoms with Crippen LogP contribution in [0.15, 0.2) is 48.5 Å². The molecule has 6 nitrogen and oxygen atoms in total. The first-order valence-electron chi connectivity index (χ1n) is 13.2. The van der Waals surface area contributed by atoms with E-state index in [4.69, 9.17) is 9.47 Å². The first kappa shape index (κ1) is 29.5. The van der Waals surface area contributed by atoms with E-state index in [0.29, 0.717) is 37.1 Å². The van der Waals surface area contributed by atoms with Gasteiger partial charge in [-0.25, -0.2) is 0 Å². The molecule has 36 heavy (non-hydrogen) atoms. The van der Waals surface area contributed by atoms with Gasteiger partial charge in [-0.05, 0) is 87.6 Å². The van der Waals surface area contributed by atoms with Crippen LogP contribution in [0.25, 0.3) is 0 Å². The molecular formula is C30H44N2O4. The van der Waals surface area contributed by atoms with E-state index in [9.17, 15) is 9.59 Å². The highest BCUT2D eigenvalue weighted by molar-refractivity contribution is 5.99. The van der Waals surface area contributed by atoms with Crippen molar-refractivity contribution >= 4 is 11.6 Å². The Hall–Kier alpha value is -2.70. The number of methoxy groups -OCH3 is 2. The molecule has 0 aliphatic heterocycles. The van der Waals surface area contributed by atoms with Crippen molar-refractivity contribution in [3.05, 3.63) is 59.7 Å². The number of rotatable bonds is 17. The zero-order valence-electron chi connectivity index (χ0n) is 23.0. The van der Waals surface area contributed by atoms with Crippen molar-refractivity contribution in [3.8, 4) is 11.5 Å². The summed E-state index contributed by atoms with van der Waals surface area (Å²) < 4.78 is 10.5. The SMILES string of the molecule is CCN(CC)C[C@H](CC[C@@H](CN(CC)CC)C(=O)c1ccc(OC)cc1)C(=O)c1ccc(OC)cc1. The summed E-state index contributed by atoms with van der Waals surface area (Å²) in [5.41, 5.74) is 1.38. The summed E-state index contributed by atoms with van der Waals surface area (Å²) in [6.07, 6.45) is 1.32. The van der Waals surface area contributed by atoms with E-state index in [-0.39, 0.29) is 23.4 Å². The lowest BCUT2D eigenvalue weighted by Gasteiger charge is -2.28. The molecule has 6 heteroatoms. The van der Waals surface area contributed by atoms with Gasteiger partial charge in [-0.3, -0.25) is 9.59 Å².